The molecule has 1 aliphatic heterocycles. The normalized spacial score (nSPS) is 17.9. The molecule has 0 bridgehead atoms. The molecule has 82 valence electrons. The maximum atomic E-state index is 11.4. The van der Waals surface area contributed by atoms with E-state index in [1.54, 1.807) is 4.90 Å². The Labute approximate surface area is 89.1 Å². The van der Waals surface area contributed by atoms with Gasteiger partial charge in [-0.05, 0) is 32.8 Å². The van der Waals surface area contributed by atoms with Crippen LogP contribution in [0.15, 0.2) is 0 Å². The van der Waals surface area contributed by atoms with Gasteiger partial charge in [0.25, 0.3) is 0 Å². The Balaban J connectivity index is 2.23. The molecule has 0 aromatic carbocycles. The highest BCUT2D eigenvalue weighted by atomic mass is 32.2. The van der Waals surface area contributed by atoms with Gasteiger partial charge >= 0.3 is 6.09 Å². The molecule has 4 nitrogen and oxygen atoms in total. The van der Waals surface area contributed by atoms with E-state index in [4.69, 9.17) is 8.92 Å². The van der Waals surface area contributed by atoms with Crippen molar-refractivity contribution in [1.29, 1.82) is 0 Å². The summed E-state index contributed by atoms with van der Waals surface area (Å²) in [5, 5.41) is 0. The summed E-state index contributed by atoms with van der Waals surface area (Å²) in [5.74, 6) is 0. The summed E-state index contributed by atoms with van der Waals surface area (Å²) in [6.07, 6.45) is 1.78. The predicted molar refractivity (Wildman–Crippen MR) is 56.2 cm³/mol. The fraction of sp³-hybridized carbons (Fsp3) is 0.889. The average Bonchev–Trinajstić information content (AvgIpc) is 1.91. The van der Waals surface area contributed by atoms with Gasteiger partial charge in [-0.15, -0.1) is 0 Å². The third kappa shape index (κ3) is 3.38. The Bertz CT molecular complexity index is 209. The van der Waals surface area contributed by atoms with Crippen molar-refractivity contribution in [3.63, 3.8) is 0 Å². The molecule has 0 N–H and O–H groups in total. The van der Waals surface area contributed by atoms with E-state index in [1.807, 2.05) is 27.0 Å². The zero-order chi connectivity index (χ0) is 10.8. The smallest absolute Gasteiger partial charge is 0.410 e. The maximum absolute atomic E-state index is 11.4. The molecule has 1 aliphatic rings. The largest absolute Gasteiger partial charge is 0.444 e. The van der Waals surface area contributed by atoms with Crippen LogP contribution in [0.2, 0.25) is 0 Å². The van der Waals surface area contributed by atoms with E-state index in [-0.39, 0.29) is 12.2 Å². The summed E-state index contributed by atoms with van der Waals surface area (Å²) in [4.78, 5) is 13.1. The van der Waals surface area contributed by atoms with E-state index in [0.29, 0.717) is 13.1 Å². The molecule has 1 fully saturated rings. The molecule has 0 aliphatic carbocycles. The number of nitrogens with zero attached hydrogens (tertiary/aromatic N) is 1. The number of ether oxygens (including phenoxy) is 1. The van der Waals surface area contributed by atoms with Gasteiger partial charge in [0.2, 0.25) is 0 Å². The molecular formula is C9H17NO3S. The van der Waals surface area contributed by atoms with Gasteiger partial charge in [-0.2, -0.15) is 0 Å². The minimum absolute atomic E-state index is 0.164. The number of carbonyl (C=O) groups excluding carboxylic acids is 1. The zero-order valence-electron chi connectivity index (χ0n) is 9.07. The third-order valence-corrected chi connectivity index (χ3v) is 2.20. The lowest BCUT2D eigenvalue weighted by Gasteiger charge is -2.38. The van der Waals surface area contributed by atoms with Gasteiger partial charge in [-0.25, -0.2) is 4.79 Å². The fourth-order valence-corrected chi connectivity index (χ4v) is 1.50. The van der Waals surface area contributed by atoms with Crippen molar-refractivity contribution in [3.8, 4) is 0 Å². The molecule has 0 aromatic heterocycles. The number of hydrogen-bond donors (Lipinski definition) is 0. The second kappa shape index (κ2) is 4.40. The molecule has 0 atom stereocenters. The lowest BCUT2D eigenvalue weighted by molar-refractivity contribution is -0.0172. The van der Waals surface area contributed by atoms with Crippen molar-refractivity contribution in [1.82, 2.24) is 4.90 Å². The van der Waals surface area contributed by atoms with Crippen molar-refractivity contribution >= 4 is 18.1 Å². The van der Waals surface area contributed by atoms with Crippen molar-refractivity contribution in [2.75, 3.05) is 19.3 Å². The molecule has 0 saturated carbocycles. The van der Waals surface area contributed by atoms with Crippen LogP contribution in [0.25, 0.3) is 0 Å². The molecule has 5 heteroatoms. The van der Waals surface area contributed by atoms with Crippen LogP contribution in [0.1, 0.15) is 20.8 Å². The molecule has 14 heavy (non-hydrogen) atoms. The van der Waals surface area contributed by atoms with Crippen molar-refractivity contribution in [2.45, 2.75) is 32.5 Å². The molecule has 0 spiro atoms. The molecular weight excluding hydrogens is 202 g/mol. The van der Waals surface area contributed by atoms with E-state index < -0.39 is 5.60 Å². The van der Waals surface area contributed by atoms with Gasteiger partial charge in [0.1, 0.15) is 11.7 Å². The number of carbonyl (C=O) groups is 1. The summed E-state index contributed by atoms with van der Waals surface area (Å²) < 4.78 is 10.4. The number of rotatable bonds is 2. The van der Waals surface area contributed by atoms with Crippen molar-refractivity contribution in [2.24, 2.45) is 0 Å². The van der Waals surface area contributed by atoms with Gasteiger partial charge in [-0.3, -0.25) is 0 Å². The molecule has 1 heterocycles. The van der Waals surface area contributed by atoms with Gasteiger partial charge < -0.3 is 13.8 Å². The van der Waals surface area contributed by atoms with E-state index in [0.717, 1.165) is 0 Å². The molecule has 0 unspecified atom stereocenters. The van der Waals surface area contributed by atoms with Crippen LogP contribution >= 0.6 is 12.0 Å². The van der Waals surface area contributed by atoms with Crippen LogP contribution in [0, 0.1) is 0 Å². The Morgan fingerprint density at radius 1 is 1.43 bits per heavy atom. The van der Waals surface area contributed by atoms with Gasteiger partial charge in [0.05, 0.1) is 13.1 Å². The zero-order valence-corrected chi connectivity index (χ0v) is 9.89. The van der Waals surface area contributed by atoms with Crippen LogP contribution in [0.5, 0.6) is 0 Å². The third-order valence-electron chi connectivity index (χ3n) is 1.73. The van der Waals surface area contributed by atoms with Crippen LogP contribution < -0.4 is 0 Å². The summed E-state index contributed by atoms with van der Waals surface area (Å²) in [6, 6.07) is 0. The van der Waals surface area contributed by atoms with E-state index in [9.17, 15) is 4.79 Å². The highest BCUT2D eigenvalue weighted by molar-refractivity contribution is 7.93. The van der Waals surface area contributed by atoms with Gasteiger partial charge in [-0.1, -0.05) is 0 Å². The first-order chi connectivity index (χ1) is 6.42. The molecule has 1 rings (SSSR count). The summed E-state index contributed by atoms with van der Waals surface area (Å²) in [7, 11) is 0. The minimum atomic E-state index is -0.414. The Hall–Kier alpha value is -0.420. The number of amides is 1. The van der Waals surface area contributed by atoms with Crippen LogP contribution in [0.4, 0.5) is 4.79 Å². The second-order valence-corrected chi connectivity index (χ2v) is 4.80. The first-order valence-corrected chi connectivity index (χ1v) is 5.75. The van der Waals surface area contributed by atoms with Crippen LogP contribution in [-0.4, -0.2) is 42.0 Å². The van der Waals surface area contributed by atoms with Gasteiger partial charge in [0, 0.05) is 6.26 Å². The lowest BCUT2D eigenvalue weighted by Crippen LogP contribution is -2.55. The monoisotopic (exact) mass is 219 g/mol. The SMILES string of the molecule is CSOC1CN(C(=O)OC(C)(C)C)C1. The molecule has 1 amide bonds. The second-order valence-electron chi connectivity index (χ2n) is 4.27. The minimum Gasteiger partial charge on any atom is -0.444 e. The maximum Gasteiger partial charge on any atom is 0.410 e. The standard InChI is InChI=1S/C9H17NO3S/c1-9(2,3)12-8(11)10-5-7(6-10)13-14-4/h7H,5-6H2,1-4H3. The highest BCUT2D eigenvalue weighted by Crippen LogP contribution is 2.19. The van der Waals surface area contributed by atoms with Crippen LogP contribution in [-0.2, 0) is 8.92 Å². The average molecular weight is 219 g/mol. The van der Waals surface area contributed by atoms with E-state index in [1.165, 1.54) is 12.0 Å². The molecule has 1 saturated heterocycles. The summed E-state index contributed by atoms with van der Waals surface area (Å²) >= 11 is 1.33. The Morgan fingerprint density at radius 3 is 2.43 bits per heavy atom. The predicted octanol–water partition coefficient (Wildman–Crippen LogP) is 1.90. The first-order valence-electron chi connectivity index (χ1n) is 4.60. The number of likely N-dealkylation sites (tertiary alicyclic amines) is 1. The molecule has 0 radical (unpaired) electrons. The van der Waals surface area contributed by atoms with E-state index in [2.05, 4.69) is 0 Å². The quantitative estimate of drug-likeness (QED) is 0.665. The summed E-state index contributed by atoms with van der Waals surface area (Å²) in [6.45, 7) is 6.85. The number of hydrogen-bond acceptors (Lipinski definition) is 4. The fourth-order valence-electron chi connectivity index (χ4n) is 1.11. The lowest BCUT2D eigenvalue weighted by atomic mass is 10.2. The van der Waals surface area contributed by atoms with E-state index >= 15 is 0 Å². The highest BCUT2D eigenvalue weighted by Gasteiger charge is 2.34. The van der Waals surface area contributed by atoms with Crippen LogP contribution in [0.3, 0.4) is 0 Å². The molecule has 0 aromatic rings. The van der Waals surface area contributed by atoms with Gasteiger partial charge in [0.15, 0.2) is 0 Å². The van der Waals surface area contributed by atoms with Crippen molar-refractivity contribution < 1.29 is 13.7 Å². The Kier molecular flexibility index (Phi) is 3.66. The topological polar surface area (TPSA) is 38.8 Å². The summed E-state index contributed by atoms with van der Waals surface area (Å²) in [5.41, 5.74) is -0.414. The first kappa shape index (κ1) is 11.7. The Morgan fingerprint density at radius 2 is 2.00 bits per heavy atom. The van der Waals surface area contributed by atoms with Crippen molar-refractivity contribution in [3.05, 3.63) is 0 Å².